The molecule has 0 aliphatic carbocycles. The van der Waals surface area contributed by atoms with Crippen LogP contribution in [0.2, 0.25) is 0 Å². The predicted octanol–water partition coefficient (Wildman–Crippen LogP) is 0.408. The fourth-order valence-corrected chi connectivity index (χ4v) is 1.12. The second-order valence-electron chi connectivity index (χ2n) is 3.18. The maximum absolute atomic E-state index is 13.1. The summed E-state index contributed by atoms with van der Waals surface area (Å²) in [5.41, 5.74) is 0.168. The Morgan fingerprint density at radius 3 is 2.47 bits per heavy atom. The molecule has 1 aromatic carbocycles. The van der Waals surface area contributed by atoms with Crippen LogP contribution in [0, 0.1) is 11.6 Å². The summed E-state index contributed by atoms with van der Waals surface area (Å²) in [7, 11) is 0. The minimum absolute atomic E-state index is 0.0649. The minimum Gasteiger partial charge on any atom is -0.395 e. The number of nitrogens with one attached hydrogen (secondary N) is 1. The van der Waals surface area contributed by atoms with Crippen molar-refractivity contribution in [1.82, 2.24) is 5.32 Å². The third kappa shape index (κ3) is 3.54. The van der Waals surface area contributed by atoms with E-state index in [1.165, 1.54) is 0 Å². The topological polar surface area (TPSA) is 52.5 Å². The molecule has 84 valence electrons. The van der Waals surface area contributed by atoms with Gasteiger partial charge in [-0.3, -0.25) is 0 Å². The van der Waals surface area contributed by atoms with Crippen LogP contribution < -0.4 is 5.32 Å². The van der Waals surface area contributed by atoms with Gasteiger partial charge in [-0.15, -0.1) is 0 Å². The van der Waals surface area contributed by atoms with Crippen LogP contribution in [0.3, 0.4) is 0 Å². The summed E-state index contributed by atoms with van der Waals surface area (Å²) >= 11 is 0. The maximum atomic E-state index is 13.1. The standard InChI is InChI=1S/C10H13F2NO2/c11-8-1-2-10(12)7(3-8)4-13-9(5-14)6-15/h1-3,9,13-15H,4-6H2. The molecule has 0 heterocycles. The fourth-order valence-electron chi connectivity index (χ4n) is 1.12. The Hall–Kier alpha value is -1.04. The molecule has 0 radical (unpaired) electrons. The van der Waals surface area contributed by atoms with Gasteiger partial charge in [0, 0.05) is 12.1 Å². The summed E-state index contributed by atoms with van der Waals surface area (Å²) in [6.45, 7) is -0.448. The van der Waals surface area contributed by atoms with Crippen LogP contribution in [-0.2, 0) is 6.54 Å². The van der Waals surface area contributed by atoms with Gasteiger partial charge < -0.3 is 15.5 Å². The number of aliphatic hydroxyl groups is 2. The SMILES string of the molecule is OCC(CO)NCc1cc(F)ccc1F. The van der Waals surface area contributed by atoms with Crippen molar-refractivity contribution in [1.29, 1.82) is 0 Å². The second kappa shape index (κ2) is 5.75. The van der Waals surface area contributed by atoms with Gasteiger partial charge in [0.25, 0.3) is 0 Å². The smallest absolute Gasteiger partial charge is 0.127 e. The molecule has 0 spiro atoms. The summed E-state index contributed by atoms with van der Waals surface area (Å²) < 4.78 is 25.8. The Morgan fingerprint density at radius 1 is 1.20 bits per heavy atom. The van der Waals surface area contributed by atoms with Crippen LogP contribution in [0.1, 0.15) is 5.56 Å². The van der Waals surface area contributed by atoms with Gasteiger partial charge in [0.1, 0.15) is 11.6 Å². The van der Waals surface area contributed by atoms with E-state index in [1.54, 1.807) is 0 Å². The van der Waals surface area contributed by atoms with Crippen LogP contribution >= 0.6 is 0 Å². The van der Waals surface area contributed by atoms with Crippen molar-refractivity contribution in [2.75, 3.05) is 13.2 Å². The van der Waals surface area contributed by atoms with Crippen LogP contribution in [0.4, 0.5) is 8.78 Å². The van der Waals surface area contributed by atoms with Crippen LogP contribution in [0.25, 0.3) is 0 Å². The molecule has 1 aromatic rings. The molecule has 0 atom stereocenters. The Balaban J connectivity index is 2.60. The highest BCUT2D eigenvalue weighted by atomic mass is 19.1. The predicted molar refractivity (Wildman–Crippen MR) is 51.2 cm³/mol. The van der Waals surface area contributed by atoms with Crippen molar-refractivity contribution >= 4 is 0 Å². The van der Waals surface area contributed by atoms with E-state index in [4.69, 9.17) is 10.2 Å². The highest BCUT2D eigenvalue weighted by Gasteiger charge is 2.07. The summed E-state index contributed by atoms with van der Waals surface area (Å²) in [5.74, 6) is -1.03. The van der Waals surface area contributed by atoms with Crippen molar-refractivity contribution in [3.63, 3.8) is 0 Å². The van der Waals surface area contributed by atoms with Gasteiger partial charge in [-0.05, 0) is 18.2 Å². The average molecular weight is 217 g/mol. The van der Waals surface area contributed by atoms with Crippen LogP contribution in [0.5, 0.6) is 0 Å². The number of benzene rings is 1. The summed E-state index contributed by atoms with van der Waals surface area (Å²) in [6, 6.07) is 2.63. The second-order valence-corrected chi connectivity index (χ2v) is 3.18. The van der Waals surface area contributed by atoms with E-state index in [-0.39, 0.29) is 25.3 Å². The van der Waals surface area contributed by atoms with Gasteiger partial charge in [0.2, 0.25) is 0 Å². The third-order valence-electron chi connectivity index (χ3n) is 2.03. The molecule has 0 saturated heterocycles. The van der Waals surface area contributed by atoms with E-state index < -0.39 is 17.7 Å². The van der Waals surface area contributed by atoms with E-state index in [1.807, 2.05) is 0 Å². The first kappa shape index (κ1) is 12.0. The molecule has 15 heavy (non-hydrogen) atoms. The minimum atomic E-state index is -0.521. The number of hydrogen-bond donors (Lipinski definition) is 3. The van der Waals surface area contributed by atoms with Gasteiger partial charge in [-0.2, -0.15) is 0 Å². The van der Waals surface area contributed by atoms with Gasteiger partial charge in [0.15, 0.2) is 0 Å². The highest BCUT2D eigenvalue weighted by Crippen LogP contribution is 2.09. The Morgan fingerprint density at radius 2 is 1.87 bits per heavy atom. The fraction of sp³-hybridized carbons (Fsp3) is 0.400. The van der Waals surface area contributed by atoms with Crippen molar-refractivity contribution in [3.05, 3.63) is 35.4 Å². The zero-order chi connectivity index (χ0) is 11.3. The largest absolute Gasteiger partial charge is 0.395 e. The average Bonchev–Trinajstić information content (AvgIpc) is 2.24. The zero-order valence-corrected chi connectivity index (χ0v) is 8.08. The molecular weight excluding hydrogens is 204 g/mol. The molecule has 5 heteroatoms. The lowest BCUT2D eigenvalue weighted by Gasteiger charge is -2.13. The lowest BCUT2D eigenvalue weighted by atomic mass is 10.2. The highest BCUT2D eigenvalue weighted by molar-refractivity contribution is 5.18. The van der Waals surface area contributed by atoms with Gasteiger partial charge >= 0.3 is 0 Å². The third-order valence-corrected chi connectivity index (χ3v) is 2.03. The maximum Gasteiger partial charge on any atom is 0.127 e. The first-order chi connectivity index (χ1) is 7.17. The molecule has 0 aliphatic rings. The van der Waals surface area contributed by atoms with Crippen LogP contribution in [-0.4, -0.2) is 29.5 Å². The molecule has 0 unspecified atom stereocenters. The molecule has 0 bridgehead atoms. The lowest BCUT2D eigenvalue weighted by Crippen LogP contribution is -2.35. The monoisotopic (exact) mass is 217 g/mol. The molecule has 0 aromatic heterocycles. The number of halogens is 2. The van der Waals surface area contributed by atoms with Crippen LogP contribution in [0.15, 0.2) is 18.2 Å². The Kier molecular flexibility index (Phi) is 4.61. The molecular formula is C10H13F2NO2. The molecule has 0 aliphatic heterocycles. The zero-order valence-electron chi connectivity index (χ0n) is 8.08. The number of aliphatic hydroxyl groups excluding tert-OH is 2. The summed E-state index contributed by atoms with van der Waals surface area (Å²) in [6.07, 6.45) is 0. The molecule has 3 N–H and O–H groups in total. The van der Waals surface area contributed by atoms with Gasteiger partial charge in [-0.1, -0.05) is 0 Å². The summed E-state index contributed by atoms with van der Waals surface area (Å²) in [5, 5.41) is 20.2. The molecule has 3 nitrogen and oxygen atoms in total. The van der Waals surface area contributed by atoms with E-state index >= 15 is 0 Å². The van der Waals surface area contributed by atoms with Crippen molar-refractivity contribution in [2.24, 2.45) is 0 Å². The van der Waals surface area contributed by atoms with E-state index in [9.17, 15) is 8.78 Å². The Labute approximate surface area is 86.4 Å². The van der Waals surface area contributed by atoms with Crippen molar-refractivity contribution in [2.45, 2.75) is 12.6 Å². The lowest BCUT2D eigenvalue weighted by molar-refractivity contribution is 0.170. The Bertz CT molecular complexity index is 316. The van der Waals surface area contributed by atoms with Crippen molar-refractivity contribution in [3.8, 4) is 0 Å². The van der Waals surface area contributed by atoms with Gasteiger partial charge in [-0.25, -0.2) is 8.78 Å². The van der Waals surface area contributed by atoms with Gasteiger partial charge in [0.05, 0.1) is 19.3 Å². The molecule has 0 saturated carbocycles. The van der Waals surface area contributed by atoms with E-state index in [0.717, 1.165) is 18.2 Å². The first-order valence-electron chi connectivity index (χ1n) is 4.56. The molecule has 0 amide bonds. The van der Waals surface area contributed by atoms with Crippen molar-refractivity contribution < 1.29 is 19.0 Å². The normalized spacial score (nSPS) is 11.0. The number of rotatable bonds is 5. The molecule has 1 rings (SSSR count). The summed E-state index contributed by atoms with van der Waals surface area (Å²) in [4.78, 5) is 0. The number of hydrogen-bond acceptors (Lipinski definition) is 3. The van der Waals surface area contributed by atoms with E-state index in [0.29, 0.717) is 0 Å². The van der Waals surface area contributed by atoms with E-state index in [2.05, 4.69) is 5.32 Å². The molecule has 0 fully saturated rings. The quantitative estimate of drug-likeness (QED) is 0.669. The first-order valence-corrected chi connectivity index (χ1v) is 4.56.